The van der Waals surface area contributed by atoms with Crippen molar-refractivity contribution in [3.8, 4) is 0 Å². The van der Waals surface area contributed by atoms with Crippen molar-refractivity contribution >= 4 is 27.6 Å². The second-order valence-corrected chi connectivity index (χ2v) is 6.56. The molecule has 2 aromatic rings. The van der Waals surface area contributed by atoms with Gasteiger partial charge in [0, 0.05) is 17.0 Å². The Bertz CT molecular complexity index is 565. The van der Waals surface area contributed by atoms with Gasteiger partial charge in [-0.15, -0.1) is 0 Å². The average Bonchev–Trinajstić information content (AvgIpc) is 2.44. The molecule has 19 heavy (non-hydrogen) atoms. The van der Waals surface area contributed by atoms with Gasteiger partial charge in [-0.3, -0.25) is 4.79 Å². The Morgan fingerprint density at radius 3 is 2.63 bits per heavy atom. The Hall–Kier alpha value is -1.48. The van der Waals surface area contributed by atoms with Gasteiger partial charge in [0.2, 0.25) is 0 Å². The topological polar surface area (TPSA) is 26.3 Å². The Labute approximate surface area is 117 Å². The molecule has 1 unspecified atom stereocenters. The fraction of sp³-hybridized carbons (Fsp3) is 0.312. The Morgan fingerprint density at radius 2 is 1.89 bits per heavy atom. The molecule has 0 saturated heterocycles. The number of esters is 1. The summed E-state index contributed by atoms with van der Waals surface area (Å²) in [5.74, 6) is 0.764. The highest BCUT2D eigenvalue weighted by atomic mass is 32.2. The number of ether oxygens (including phenoxy) is 1. The zero-order chi connectivity index (χ0) is 13.7. The van der Waals surface area contributed by atoms with Crippen molar-refractivity contribution in [1.29, 1.82) is 0 Å². The van der Waals surface area contributed by atoms with Crippen molar-refractivity contribution in [3.05, 3.63) is 42.5 Å². The minimum absolute atomic E-state index is 0.0856. The van der Waals surface area contributed by atoms with Crippen LogP contribution in [0.25, 0.3) is 10.8 Å². The van der Waals surface area contributed by atoms with Gasteiger partial charge < -0.3 is 4.74 Å². The van der Waals surface area contributed by atoms with E-state index in [0.717, 1.165) is 5.75 Å². The normalized spacial score (nSPS) is 12.3. The fourth-order valence-electron chi connectivity index (χ4n) is 1.97. The minimum Gasteiger partial charge on any atom is -0.466 e. The molecule has 0 fully saturated rings. The summed E-state index contributed by atoms with van der Waals surface area (Å²) in [6.07, 6.45) is 2.68. The SMILES string of the molecule is CCOC(=O)CC[S+](C)c1ccc2ccccc2c1. The first-order valence-electron chi connectivity index (χ1n) is 6.47. The number of hydrogen-bond acceptors (Lipinski definition) is 2. The lowest BCUT2D eigenvalue weighted by atomic mass is 10.1. The summed E-state index contributed by atoms with van der Waals surface area (Å²) in [4.78, 5) is 12.7. The second kappa shape index (κ2) is 6.62. The van der Waals surface area contributed by atoms with Gasteiger partial charge in [0.15, 0.2) is 4.90 Å². The third-order valence-corrected chi connectivity index (χ3v) is 4.92. The van der Waals surface area contributed by atoms with Crippen LogP contribution < -0.4 is 0 Å². The lowest BCUT2D eigenvalue weighted by molar-refractivity contribution is -0.142. The number of carbonyl (C=O) groups is 1. The first kappa shape index (κ1) is 13.9. The molecular weight excluding hydrogens is 256 g/mol. The molecule has 0 radical (unpaired) electrons. The molecule has 1 atom stereocenters. The molecule has 0 aromatic heterocycles. The molecule has 0 aliphatic carbocycles. The molecule has 2 rings (SSSR count). The van der Waals surface area contributed by atoms with E-state index in [9.17, 15) is 4.79 Å². The smallest absolute Gasteiger partial charge is 0.310 e. The highest BCUT2D eigenvalue weighted by molar-refractivity contribution is 7.96. The van der Waals surface area contributed by atoms with Crippen LogP contribution in [0.15, 0.2) is 47.4 Å². The molecule has 2 aromatic carbocycles. The molecule has 0 saturated carbocycles. The number of carbonyl (C=O) groups excluding carboxylic acids is 1. The van der Waals surface area contributed by atoms with Gasteiger partial charge in [0.1, 0.15) is 12.0 Å². The predicted molar refractivity (Wildman–Crippen MR) is 81.6 cm³/mol. The Kier molecular flexibility index (Phi) is 4.86. The quantitative estimate of drug-likeness (QED) is 0.617. The first-order chi connectivity index (χ1) is 9.20. The number of hydrogen-bond donors (Lipinski definition) is 0. The number of rotatable bonds is 5. The van der Waals surface area contributed by atoms with Gasteiger partial charge in [-0.2, -0.15) is 0 Å². The maximum absolute atomic E-state index is 11.4. The van der Waals surface area contributed by atoms with E-state index >= 15 is 0 Å². The van der Waals surface area contributed by atoms with Gasteiger partial charge in [-0.05, 0) is 29.8 Å². The highest BCUT2D eigenvalue weighted by Gasteiger charge is 2.18. The van der Waals surface area contributed by atoms with Crippen molar-refractivity contribution in [2.24, 2.45) is 0 Å². The Morgan fingerprint density at radius 1 is 1.16 bits per heavy atom. The first-order valence-corrected chi connectivity index (χ1v) is 8.28. The average molecular weight is 275 g/mol. The summed E-state index contributed by atoms with van der Waals surface area (Å²) in [7, 11) is 0.0856. The summed E-state index contributed by atoms with van der Waals surface area (Å²) in [6.45, 7) is 2.30. The van der Waals surface area contributed by atoms with E-state index in [1.807, 2.05) is 6.92 Å². The summed E-state index contributed by atoms with van der Waals surface area (Å²) < 4.78 is 4.96. The van der Waals surface area contributed by atoms with Crippen molar-refractivity contribution in [3.63, 3.8) is 0 Å². The summed E-state index contributed by atoms with van der Waals surface area (Å²) >= 11 is 0. The third-order valence-electron chi connectivity index (χ3n) is 3.04. The maximum atomic E-state index is 11.4. The number of benzene rings is 2. The van der Waals surface area contributed by atoms with Gasteiger partial charge in [0.25, 0.3) is 0 Å². The molecule has 0 heterocycles. The van der Waals surface area contributed by atoms with Crippen LogP contribution in [0, 0.1) is 0 Å². The van der Waals surface area contributed by atoms with Crippen molar-refractivity contribution in [2.45, 2.75) is 18.2 Å². The fourth-order valence-corrected chi connectivity index (χ4v) is 3.31. The van der Waals surface area contributed by atoms with E-state index in [1.165, 1.54) is 15.7 Å². The van der Waals surface area contributed by atoms with Crippen molar-refractivity contribution < 1.29 is 9.53 Å². The third kappa shape index (κ3) is 3.74. The molecule has 3 heteroatoms. The van der Waals surface area contributed by atoms with Gasteiger partial charge in [-0.25, -0.2) is 0 Å². The second-order valence-electron chi connectivity index (χ2n) is 4.41. The lowest BCUT2D eigenvalue weighted by Gasteiger charge is -2.05. The van der Waals surface area contributed by atoms with Crippen LogP contribution in [0.3, 0.4) is 0 Å². The van der Waals surface area contributed by atoms with E-state index in [2.05, 4.69) is 48.7 Å². The van der Waals surface area contributed by atoms with Gasteiger partial charge in [0.05, 0.1) is 13.0 Å². The maximum Gasteiger partial charge on any atom is 0.310 e. The van der Waals surface area contributed by atoms with E-state index in [4.69, 9.17) is 4.74 Å². The Balaban J connectivity index is 2.04. The van der Waals surface area contributed by atoms with Crippen LogP contribution in [-0.4, -0.2) is 24.6 Å². The van der Waals surface area contributed by atoms with Gasteiger partial charge >= 0.3 is 5.97 Å². The van der Waals surface area contributed by atoms with Crippen molar-refractivity contribution in [2.75, 3.05) is 18.6 Å². The molecular formula is C16H19O2S+. The van der Waals surface area contributed by atoms with Gasteiger partial charge in [-0.1, -0.05) is 24.3 Å². The molecule has 2 nitrogen and oxygen atoms in total. The summed E-state index contributed by atoms with van der Waals surface area (Å²) in [6, 6.07) is 14.9. The lowest BCUT2D eigenvalue weighted by Crippen LogP contribution is -2.12. The highest BCUT2D eigenvalue weighted by Crippen LogP contribution is 2.20. The van der Waals surface area contributed by atoms with E-state index in [1.54, 1.807) is 0 Å². The molecule has 0 aliphatic rings. The monoisotopic (exact) mass is 275 g/mol. The van der Waals surface area contributed by atoms with E-state index in [-0.39, 0.29) is 16.9 Å². The zero-order valence-corrected chi connectivity index (χ0v) is 12.2. The molecule has 0 bridgehead atoms. The predicted octanol–water partition coefficient (Wildman–Crippen LogP) is 3.40. The molecule has 100 valence electrons. The zero-order valence-electron chi connectivity index (χ0n) is 11.4. The standard InChI is InChI=1S/C16H19O2S/c1-3-18-16(17)10-11-19(2)15-9-8-13-6-4-5-7-14(13)12-15/h4-9,12H,3,10-11H2,1-2H3/q+1. The van der Waals surface area contributed by atoms with Crippen LogP contribution in [0.2, 0.25) is 0 Å². The summed E-state index contributed by atoms with van der Waals surface area (Å²) in [5.41, 5.74) is 0. The van der Waals surface area contributed by atoms with Crippen molar-refractivity contribution in [1.82, 2.24) is 0 Å². The minimum atomic E-state index is -0.0948. The summed E-state index contributed by atoms with van der Waals surface area (Å²) in [5, 5.41) is 2.52. The van der Waals surface area contributed by atoms with Crippen LogP contribution in [-0.2, 0) is 20.4 Å². The van der Waals surface area contributed by atoms with Crippen LogP contribution >= 0.6 is 0 Å². The van der Waals surface area contributed by atoms with Crippen LogP contribution in [0.5, 0.6) is 0 Å². The molecule has 0 amide bonds. The molecule has 0 aliphatic heterocycles. The van der Waals surface area contributed by atoms with E-state index in [0.29, 0.717) is 13.0 Å². The largest absolute Gasteiger partial charge is 0.466 e. The molecule has 0 spiro atoms. The number of fused-ring (bicyclic) bond motifs is 1. The molecule has 0 N–H and O–H groups in total. The van der Waals surface area contributed by atoms with E-state index < -0.39 is 0 Å². The van der Waals surface area contributed by atoms with Crippen LogP contribution in [0.4, 0.5) is 0 Å². The van der Waals surface area contributed by atoms with Crippen LogP contribution in [0.1, 0.15) is 13.3 Å².